The number of hydrogen-bond acceptors (Lipinski definition) is 0. The van der Waals surface area contributed by atoms with E-state index in [0.717, 1.165) is 18.2 Å². The van der Waals surface area contributed by atoms with Gasteiger partial charge in [0.2, 0.25) is 0 Å². The molecule has 0 aliphatic carbocycles. The van der Waals surface area contributed by atoms with E-state index in [1.54, 1.807) is 0 Å². The molecule has 0 heterocycles. The zero-order valence-electron chi connectivity index (χ0n) is 9.61. The molecule has 0 fully saturated rings. The van der Waals surface area contributed by atoms with Gasteiger partial charge in [-0.2, -0.15) is 0 Å². The van der Waals surface area contributed by atoms with Crippen LogP contribution in [0.4, 0.5) is 43.9 Å². The van der Waals surface area contributed by atoms with Crippen LogP contribution < -0.4 is 3.27 Å². The van der Waals surface area contributed by atoms with Crippen LogP contribution in [0.25, 0.3) is 0 Å². The van der Waals surface area contributed by atoms with E-state index in [1.807, 2.05) is 0 Å². The van der Waals surface area contributed by atoms with Crippen LogP contribution >= 0.6 is 0 Å². The summed E-state index contributed by atoms with van der Waals surface area (Å²) in [6.07, 6.45) is -13.0. The Bertz CT molecular complexity index is 449. The van der Waals surface area contributed by atoms with Gasteiger partial charge in [0.1, 0.15) is 0 Å². The molecule has 0 N–H and O–H groups in total. The monoisotopic (exact) mass is 524 g/mol. The molecule has 0 unspecified atom stereocenters. The molecular weight excluding hydrogens is 519 g/mol. The summed E-state index contributed by atoms with van der Waals surface area (Å²) in [4.78, 5) is 0. The van der Waals surface area contributed by atoms with Crippen molar-refractivity contribution < 1.29 is 43.9 Å². The summed E-state index contributed by atoms with van der Waals surface area (Å²) in [5, 5.41) is 0. The third kappa shape index (κ3) is 3.43. The fraction of sp³-hybridized carbons (Fsp3) is 0.400. The van der Waals surface area contributed by atoms with Gasteiger partial charge in [-0.05, 0) is 0 Å². The van der Waals surface area contributed by atoms with Crippen molar-refractivity contribution in [2.45, 2.75) is 19.6 Å². The van der Waals surface area contributed by atoms with Crippen LogP contribution in [0.15, 0.2) is 30.3 Å². The Morgan fingerprint density at radius 2 is 0.905 bits per heavy atom. The first-order chi connectivity index (χ1) is 9.23. The third-order valence-electron chi connectivity index (χ3n) is 2.26. The SMILES string of the molecule is FC(F)(F)[C](F)(F)[Bi]([c]1ccccc1)[C](F)(F)C(F)(F)F. The van der Waals surface area contributed by atoms with Crippen molar-refractivity contribution in [1.82, 2.24) is 0 Å². The van der Waals surface area contributed by atoms with Crippen LogP contribution in [0.1, 0.15) is 0 Å². The predicted molar refractivity (Wildman–Crippen MR) is 53.8 cm³/mol. The summed E-state index contributed by atoms with van der Waals surface area (Å²) in [7, 11) is 0. The third-order valence-corrected chi connectivity index (χ3v) is 11.8. The Labute approximate surface area is 119 Å². The van der Waals surface area contributed by atoms with Gasteiger partial charge in [0.15, 0.2) is 0 Å². The van der Waals surface area contributed by atoms with Crippen LogP contribution in [0, 0.1) is 0 Å². The molecule has 21 heavy (non-hydrogen) atoms. The molecule has 0 saturated carbocycles. The average Bonchev–Trinajstić information content (AvgIpc) is 2.26. The molecule has 0 nitrogen and oxygen atoms in total. The minimum absolute atomic E-state index is 0.442. The van der Waals surface area contributed by atoms with Gasteiger partial charge >= 0.3 is 119 Å². The molecule has 0 aromatic heterocycles. The van der Waals surface area contributed by atoms with Crippen LogP contribution in [0.3, 0.4) is 0 Å². The van der Waals surface area contributed by atoms with E-state index in [2.05, 4.69) is 0 Å². The fourth-order valence-corrected chi connectivity index (χ4v) is 9.02. The van der Waals surface area contributed by atoms with E-state index in [1.165, 1.54) is 0 Å². The van der Waals surface area contributed by atoms with Gasteiger partial charge in [-0.1, -0.05) is 0 Å². The fourth-order valence-electron chi connectivity index (χ4n) is 1.33. The second-order valence-corrected chi connectivity index (χ2v) is 12.7. The molecule has 1 aromatic rings. The van der Waals surface area contributed by atoms with E-state index >= 15 is 0 Å². The van der Waals surface area contributed by atoms with Gasteiger partial charge in [0, 0.05) is 0 Å². The van der Waals surface area contributed by atoms with Crippen molar-refractivity contribution in [3.63, 3.8) is 0 Å². The quantitative estimate of drug-likeness (QED) is 0.417. The Morgan fingerprint density at radius 3 is 1.19 bits per heavy atom. The average molecular weight is 524 g/mol. The van der Waals surface area contributed by atoms with Gasteiger partial charge in [-0.3, -0.25) is 0 Å². The summed E-state index contributed by atoms with van der Waals surface area (Å²) in [5.74, 6) is 0. The Morgan fingerprint density at radius 1 is 0.571 bits per heavy atom. The zero-order chi connectivity index (χ0) is 16.7. The molecule has 1 aromatic carbocycles. The maximum absolute atomic E-state index is 13.3. The van der Waals surface area contributed by atoms with Gasteiger partial charge in [0.05, 0.1) is 0 Å². The maximum atomic E-state index is 13.3. The van der Waals surface area contributed by atoms with Crippen LogP contribution in [-0.2, 0) is 0 Å². The van der Waals surface area contributed by atoms with E-state index in [9.17, 15) is 43.9 Å². The molecule has 0 aliphatic rings. The van der Waals surface area contributed by atoms with E-state index in [-0.39, 0.29) is 0 Å². The molecule has 0 bridgehead atoms. The Hall–Kier alpha value is -0.597. The molecule has 0 radical (unpaired) electrons. The summed E-state index contributed by atoms with van der Waals surface area (Å²) < 4.78 is 113. The molecule has 11 heteroatoms. The van der Waals surface area contributed by atoms with Crippen molar-refractivity contribution >= 4 is 25.0 Å². The zero-order valence-corrected chi connectivity index (χ0v) is 13.1. The standard InChI is InChI=1S/C6H5.2C2F5.Bi/c1-2-4-6-5-3-1;2*3-1(4)2(5,6)7;/h1-5H;;;. The molecule has 0 amide bonds. The van der Waals surface area contributed by atoms with Crippen molar-refractivity contribution in [3.8, 4) is 0 Å². The van der Waals surface area contributed by atoms with Gasteiger partial charge < -0.3 is 0 Å². The normalized spacial score (nSPS) is 14.6. The van der Waals surface area contributed by atoms with Gasteiger partial charge in [0.25, 0.3) is 0 Å². The van der Waals surface area contributed by atoms with E-state index in [0.29, 0.717) is 12.1 Å². The topological polar surface area (TPSA) is 0 Å². The second-order valence-electron chi connectivity index (χ2n) is 3.75. The number of hydrogen-bond donors (Lipinski definition) is 0. The first-order valence-electron chi connectivity index (χ1n) is 4.97. The Kier molecular flexibility index (Phi) is 4.88. The van der Waals surface area contributed by atoms with Crippen molar-refractivity contribution in [2.75, 3.05) is 0 Å². The Balaban J connectivity index is 3.54. The summed E-state index contributed by atoms with van der Waals surface area (Å²) >= 11 is -7.00. The van der Waals surface area contributed by atoms with Gasteiger partial charge in [-0.15, -0.1) is 0 Å². The molecule has 0 spiro atoms. The summed E-state index contributed by atoms with van der Waals surface area (Å²) in [5.41, 5.74) is 0. The molecular formula is C10H5BiF10. The first kappa shape index (κ1) is 18.5. The van der Waals surface area contributed by atoms with Crippen molar-refractivity contribution in [1.29, 1.82) is 0 Å². The van der Waals surface area contributed by atoms with Crippen molar-refractivity contribution in [2.24, 2.45) is 0 Å². The van der Waals surface area contributed by atoms with Crippen LogP contribution in [-0.4, -0.2) is 41.4 Å². The number of alkyl halides is 10. The van der Waals surface area contributed by atoms with Gasteiger partial charge in [-0.25, -0.2) is 0 Å². The minimum atomic E-state index is -7.00. The van der Waals surface area contributed by atoms with E-state index in [4.69, 9.17) is 0 Å². The molecule has 0 atom stereocenters. The van der Waals surface area contributed by atoms with Crippen LogP contribution in [0.2, 0.25) is 0 Å². The number of benzene rings is 1. The first-order valence-corrected chi connectivity index (χ1v) is 10.2. The molecule has 120 valence electrons. The predicted octanol–water partition coefficient (Wildman–Crippen LogP) is 3.86. The van der Waals surface area contributed by atoms with Crippen molar-refractivity contribution in [3.05, 3.63) is 30.3 Å². The number of rotatable bonds is 3. The summed E-state index contributed by atoms with van der Waals surface area (Å²) in [6, 6.07) is 3.64. The molecule has 1 rings (SSSR count). The summed E-state index contributed by atoms with van der Waals surface area (Å²) in [6.45, 7) is 0. The molecule has 0 saturated heterocycles. The second kappa shape index (κ2) is 5.55. The number of halogens is 10. The van der Waals surface area contributed by atoms with E-state index < -0.39 is 44.6 Å². The molecule has 0 aliphatic heterocycles. The van der Waals surface area contributed by atoms with Crippen LogP contribution in [0.5, 0.6) is 0 Å².